The van der Waals surface area contributed by atoms with Gasteiger partial charge in [-0.3, -0.25) is 0 Å². The van der Waals surface area contributed by atoms with Gasteiger partial charge in [-0.05, 0) is 5.41 Å². The number of halogens is 1. The van der Waals surface area contributed by atoms with E-state index in [2.05, 4.69) is 15.9 Å². The molecule has 0 aliphatic carbocycles. The second-order valence-electron chi connectivity index (χ2n) is 5.55. The van der Waals surface area contributed by atoms with Crippen molar-refractivity contribution in [2.45, 2.75) is 46.8 Å². The van der Waals surface area contributed by atoms with E-state index in [-0.39, 0.29) is 17.4 Å². The standard InChI is InChI=1S/C12H22BrNO4/c1-7(2)9(18-11(14)16)10(15)17-8(6-13)12(3,4)5/h7-9H,6H2,1-5H3,(H2,14,16)/t8-,9+/m1/s1. The molecule has 0 aliphatic heterocycles. The highest BCUT2D eigenvalue weighted by Gasteiger charge is 2.33. The lowest BCUT2D eigenvalue weighted by Gasteiger charge is -2.30. The van der Waals surface area contributed by atoms with Gasteiger partial charge in [0.05, 0.1) is 0 Å². The SMILES string of the molecule is CC(C)[C@H](OC(N)=O)C(=O)O[C@H](CBr)C(C)(C)C. The van der Waals surface area contributed by atoms with Gasteiger partial charge in [-0.15, -0.1) is 0 Å². The molecule has 0 heterocycles. The maximum Gasteiger partial charge on any atom is 0.405 e. The zero-order chi connectivity index (χ0) is 14.5. The Kier molecular flexibility index (Phi) is 6.67. The van der Waals surface area contributed by atoms with E-state index in [1.807, 2.05) is 20.8 Å². The molecule has 1 amide bonds. The van der Waals surface area contributed by atoms with E-state index in [4.69, 9.17) is 15.2 Å². The normalized spacial score (nSPS) is 15.1. The number of esters is 1. The van der Waals surface area contributed by atoms with Gasteiger partial charge >= 0.3 is 12.1 Å². The van der Waals surface area contributed by atoms with Crippen LogP contribution in [0.25, 0.3) is 0 Å². The predicted molar refractivity (Wildman–Crippen MR) is 72.4 cm³/mol. The fourth-order valence-electron chi connectivity index (χ4n) is 1.23. The van der Waals surface area contributed by atoms with E-state index in [0.717, 1.165) is 0 Å². The number of carbonyl (C=O) groups excluding carboxylic acids is 2. The molecule has 6 heteroatoms. The van der Waals surface area contributed by atoms with Crippen LogP contribution in [0, 0.1) is 11.3 Å². The highest BCUT2D eigenvalue weighted by molar-refractivity contribution is 9.09. The molecule has 2 atom stereocenters. The van der Waals surface area contributed by atoms with Crippen molar-refractivity contribution in [1.82, 2.24) is 0 Å². The number of hydrogen-bond acceptors (Lipinski definition) is 4. The minimum Gasteiger partial charge on any atom is -0.458 e. The van der Waals surface area contributed by atoms with Crippen molar-refractivity contribution in [3.05, 3.63) is 0 Å². The third-order valence-corrected chi connectivity index (χ3v) is 3.03. The van der Waals surface area contributed by atoms with E-state index in [0.29, 0.717) is 5.33 Å². The average Bonchev–Trinajstić information content (AvgIpc) is 2.19. The van der Waals surface area contributed by atoms with Crippen molar-refractivity contribution in [1.29, 1.82) is 0 Å². The minimum atomic E-state index is -0.975. The maximum atomic E-state index is 12.0. The third kappa shape index (κ3) is 5.71. The third-order valence-electron chi connectivity index (χ3n) is 2.45. The van der Waals surface area contributed by atoms with Crippen LogP contribution in [0.3, 0.4) is 0 Å². The Bertz CT molecular complexity index is 299. The zero-order valence-corrected chi connectivity index (χ0v) is 13.1. The highest BCUT2D eigenvalue weighted by atomic mass is 79.9. The molecule has 0 saturated carbocycles. The second-order valence-corrected chi connectivity index (χ2v) is 6.19. The molecule has 0 fully saturated rings. The molecule has 0 saturated heterocycles. The quantitative estimate of drug-likeness (QED) is 0.622. The number of carbonyl (C=O) groups is 2. The van der Waals surface area contributed by atoms with Crippen LogP contribution in [0.1, 0.15) is 34.6 Å². The molecule has 106 valence electrons. The molecule has 0 spiro atoms. The first-order valence-corrected chi connectivity index (χ1v) is 6.94. The summed E-state index contributed by atoms with van der Waals surface area (Å²) >= 11 is 3.31. The smallest absolute Gasteiger partial charge is 0.405 e. The molecule has 18 heavy (non-hydrogen) atoms. The molecular weight excluding hydrogens is 302 g/mol. The fraction of sp³-hybridized carbons (Fsp3) is 0.833. The van der Waals surface area contributed by atoms with Gasteiger partial charge in [0.1, 0.15) is 6.10 Å². The molecule has 0 rings (SSSR count). The van der Waals surface area contributed by atoms with Crippen molar-refractivity contribution < 1.29 is 19.1 Å². The molecular formula is C12H22BrNO4. The summed E-state index contributed by atoms with van der Waals surface area (Å²) in [6.07, 6.45) is -2.24. The van der Waals surface area contributed by atoms with Crippen LogP contribution in [0.2, 0.25) is 0 Å². The van der Waals surface area contributed by atoms with Crippen LogP contribution >= 0.6 is 15.9 Å². The average molecular weight is 324 g/mol. The number of hydrogen-bond donors (Lipinski definition) is 1. The predicted octanol–water partition coefficient (Wildman–Crippen LogP) is 2.46. The van der Waals surface area contributed by atoms with Crippen LogP contribution in [0.4, 0.5) is 4.79 Å². The van der Waals surface area contributed by atoms with Gasteiger partial charge in [0.2, 0.25) is 6.10 Å². The Morgan fingerprint density at radius 3 is 2.00 bits per heavy atom. The summed E-state index contributed by atoms with van der Waals surface area (Å²) in [4.78, 5) is 22.7. The first-order valence-electron chi connectivity index (χ1n) is 5.82. The number of rotatable bonds is 5. The lowest BCUT2D eigenvalue weighted by molar-refractivity contribution is -0.165. The van der Waals surface area contributed by atoms with Gasteiger partial charge in [0, 0.05) is 11.2 Å². The lowest BCUT2D eigenvalue weighted by atomic mass is 9.90. The Hall–Kier alpha value is -0.780. The summed E-state index contributed by atoms with van der Waals surface area (Å²) in [5.74, 6) is -0.760. The first kappa shape index (κ1) is 17.2. The molecule has 0 bridgehead atoms. The summed E-state index contributed by atoms with van der Waals surface area (Å²) < 4.78 is 10.2. The summed E-state index contributed by atoms with van der Waals surface area (Å²) in [6, 6.07) is 0. The number of nitrogens with two attached hydrogens (primary N) is 1. The van der Waals surface area contributed by atoms with Gasteiger partial charge in [-0.2, -0.15) is 0 Å². The van der Waals surface area contributed by atoms with Crippen LogP contribution in [0.5, 0.6) is 0 Å². The van der Waals surface area contributed by atoms with E-state index < -0.39 is 18.2 Å². The van der Waals surface area contributed by atoms with Gasteiger partial charge in [-0.25, -0.2) is 9.59 Å². The summed E-state index contributed by atoms with van der Waals surface area (Å²) in [6.45, 7) is 9.41. The Labute approximate surface area is 117 Å². The van der Waals surface area contributed by atoms with Crippen molar-refractivity contribution in [3.8, 4) is 0 Å². The van der Waals surface area contributed by atoms with Crippen molar-refractivity contribution in [3.63, 3.8) is 0 Å². The van der Waals surface area contributed by atoms with Crippen LogP contribution in [-0.2, 0) is 14.3 Å². The van der Waals surface area contributed by atoms with Crippen LogP contribution < -0.4 is 5.73 Å². The van der Waals surface area contributed by atoms with Crippen LogP contribution in [-0.4, -0.2) is 29.6 Å². The van der Waals surface area contributed by atoms with Crippen molar-refractivity contribution in [2.24, 2.45) is 17.1 Å². The minimum absolute atomic E-state index is 0.194. The lowest BCUT2D eigenvalue weighted by Crippen LogP contribution is -2.41. The molecule has 0 aromatic carbocycles. The summed E-state index contributed by atoms with van der Waals surface area (Å²) in [7, 11) is 0. The van der Waals surface area contributed by atoms with E-state index in [9.17, 15) is 9.59 Å². The van der Waals surface area contributed by atoms with Gasteiger partial charge in [0.25, 0.3) is 0 Å². The Balaban J connectivity index is 4.74. The highest BCUT2D eigenvalue weighted by Crippen LogP contribution is 2.25. The molecule has 0 unspecified atom stereocenters. The molecule has 0 radical (unpaired) electrons. The summed E-state index contributed by atoms with van der Waals surface area (Å²) in [5.41, 5.74) is 4.74. The second kappa shape index (κ2) is 6.97. The molecule has 2 N–H and O–H groups in total. The monoisotopic (exact) mass is 323 g/mol. The first-order chi connectivity index (χ1) is 8.09. The number of amides is 1. The molecule has 5 nitrogen and oxygen atoms in total. The van der Waals surface area contributed by atoms with Gasteiger partial charge in [0.15, 0.2) is 0 Å². The molecule has 0 aliphatic rings. The summed E-state index contributed by atoms with van der Waals surface area (Å²) in [5, 5.41) is 0.517. The number of alkyl halides is 1. The molecule has 0 aromatic heterocycles. The van der Waals surface area contributed by atoms with E-state index in [1.54, 1.807) is 13.8 Å². The van der Waals surface area contributed by atoms with Crippen molar-refractivity contribution >= 4 is 28.0 Å². The zero-order valence-electron chi connectivity index (χ0n) is 11.5. The Morgan fingerprint density at radius 2 is 1.72 bits per heavy atom. The van der Waals surface area contributed by atoms with E-state index >= 15 is 0 Å². The topological polar surface area (TPSA) is 78.6 Å². The van der Waals surface area contributed by atoms with Crippen molar-refractivity contribution in [2.75, 3.05) is 5.33 Å². The van der Waals surface area contributed by atoms with Gasteiger partial charge in [-0.1, -0.05) is 50.5 Å². The van der Waals surface area contributed by atoms with Gasteiger partial charge < -0.3 is 15.2 Å². The van der Waals surface area contributed by atoms with Crippen LogP contribution in [0.15, 0.2) is 0 Å². The van der Waals surface area contributed by atoms with E-state index in [1.165, 1.54) is 0 Å². The largest absolute Gasteiger partial charge is 0.458 e. The Morgan fingerprint density at radius 1 is 1.22 bits per heavy atom. The number of ether oxygens (including phenoxy) is 2. The maximum absolute atomic E-state index is 12.0. The fourth-order valence-corrected chi connectivity index (χ4v) is 2.33. The number of primary amides is 1. The molecule has 0 aromatic rings.